The summed E-state index contributed by atoms with van der Waals surface area (Å²) in [6, 6.07) is 5.89. The fraction of sp³-hybridized carbons (Fsp3) is 0.571. The summed E-state index contributed by atoms with van der Waals surface area (Å²) in [5.74, 6) is 0. The van der Waals surface area contributed by atoms with E-state index >= 15 is 0 Å². The van der Waals surface area contributed by atoms with E-state index in [9.17, 15) is 0 Å². The van der Waals surface area contributed by atoms with Gasteiger partial charge in [-0.3, -0.25) is 9.98 Å². The number of aliphatic imine (C=N–C) groups is 1. The first kappa shape index (κ1) is 15.4. The van der Waals surface area contributed by atoms with Crippen molar-refractivity contribution in [1.82, 2.24) is 4.98 Å². The van der Waals surface area contributed by atoms with E-state index in [1.54, 1.807) is 6.20 Å². The first-order chi connectivity index (χ1) is 8.47. The van der Waals surface area contributed by atoms with E-state index in [0.717, 1.165) is 17.5 Å². The minimum atomic E-state index is -0.973. The van der Waals surface area contributed by atoms with Gasteiger partial charge in [0.15, 0.2) is 0 Å². The van der Waals surface area contributed by atoms with Gasteiger partial charge in [0.1, 0.15) is 7.22 Å². The van der Waals surface area contributed by atoms with Gasteiger partial charge in [-0.05, 0) is 30.2 Å². The van der Waals surface area contributed by atoms with Crippen LogP contribution in [0.5, 0.6) is 0 Å². The first-order valence-electron chi connectivity index (χ1n) is 6.56. The van der Waals surface area contributed by atoms with Crippen LogP contribution in [-0.2, 0) is 0 Å². The molecule has 0 N–H and O–H groups in total. The summed E-state index contributed by atoms with van der Waals surface area (Å²) in [7, 11) is -0.973. The molecule has 0 bridgehead atoms. The van der Waals surface area contributed by atoms with E-state index in [4.69, 9.17) is 0 Å². The lowest BCUT2D eigenvalue weighted by molar-refractivity contribution is 0.743. The summed E-state index contributed by atoms with van der Waals surface area (Å²) in [6.07, 6.45) is 6.10. The number of nitrogens with zero attached hydrogens (tertiary/aromatic N) is 2. The number of hydrogen-bond donors (Lipinski definition) is 0. The highest BCUT2D eigenvalue weighted by atomic mass is 32.4. The molecule has 4 heteroatoms. The minimum absolute atomic E-state index is 0.765. The zero-order valence-corrected chi connectivity index (χ0v) is 13.7. The molecular formula is C14H24N2SSi. The third kappa shape index (κ3) is 7.66. The molecule has 1 atom stereocenters. The molecular weight excluding hydrogens is 256 g/mol. The average Bonchev–Trinajstić information content (AvgIpc) is 2.27. The van der Waals surface area contributed by atoms with Crippen LogP contribution >= 0.6 is 11.2 Å². The normalized spacial score (nSPS) is 14.0. The van der Waals surface area contributed by atoms with E-state index < -0.39 is 7.22 Å². The van der Waals surface area contributed by atoms with Crippen LogP contribution in [0.15, 0.2) is 29.4 Å². The molecule has 0 aromatic carbocycles. The Morgan fingerprint density at radius 1 is 1.39 bits per heavy atom. The van der Waals surface area contributed by atoms with Crippen molar-refractivity contribution in [3.63, 3.8) is 0 Å². The Morgan fingerprint density at radius 2 is 2.17 bits per heavy atom. The smallest absolute Gasteiger partial charge is 0.108 e. The molecule has 0 aliphatic rings. The highest BCUT2D eigenvalue weighted by Gasteiger charge is 2.17. The summed E-state index contributed by atoms with van der Waals surface area (Å²) >= 11 is 2.19. The van der Waals surface area contributed by atoms with Gasteiger partial charge < -0.3 is 0 Å². The molecule has 0 aliphatic carbocycles. The maximum absolute atomic E-state index is 4.42. The van der Waals surface area contributed by atoms with Crippen molar-refractivity contribution in [2.75, 3.05) is 6.54 Å². The van der Waals surface area contributed by atoms with Gasteiger partial charge in [-0.15, -0.1) is 0 Å². The predicted octanol–water partition coefficient (Wildman–Crippen LogP) is 4.24. The Morgan fingerprint density at radius 3 is 2.78 bits per heavy atom. The lowest BCUT2D eigenvalue weighted by atomic mass is 10.2. The molecule has 18 heavy (non-hydrogen) atoms. The maximum Gasteiger partial charge on any atom is 0.108 e. The van der Waals surface area contributed by atoms with Crippen molar-refractivity contribution in [2.24, 2.45) is 4.99 Å². The Kier molecular flexibility index (Phi) is 6.64. The van der Waals surface area contributed by atoms with Gasteiger partial charge in [0, 0.05) is 19.0 Å². The molecule has 0 saturated heterocycles. The Bertz CT molecular complexity index is 360. The monoisotopic (exact) mass is 280 g/mol. The van der Waals surface area contributed by atoms with Crippen molar-refractivity contribution in [3.8, 4) is 0 Å². The largest absolute Gasteiger partial charge is 0.291 e. The summed E-state index contributed by atoms with van der Waals surface area (Å²) in [6.45, 7) is 10.5. The van der Waals surface area contributed by atoms with Crippen LogP contribution in [0.2, 0.25) is 19.6 Å². The zero-order chi connectivity index (χ0) is 13.4. The Labute approximate surface area is 116 Å². The van der Waals surface area contributed by atoms with Crippen LogP contribution in [0, 0.1) is 0 Å². The maximum atomic E-state index is 4.42. The van der Waals surface area contributed by atoms with Crippen molar-refractivity contribution < 1.29 is 0 Å². The number of pyridine rings is 1. The highest BCUT2D eigenvalue weighted by molar-refractivity contribution is 8.29. The lowest BCUT2D eigenvalue weighted by Crippen LogP contribution is -2.18. The SMILES string of the molecule is CC(CCCN=Cc1ccccn1)S[Si](C)(C)C. The second-order valence-corrected chi connectivity index (χ2v) is 15.1. The van der Waals surface area contributed by atoms with Gasteiger partial charge in [-0.1, -0.05) is 32.6 Å². The van der Waals surface area contributed by atoms with Crippen LogP contribution in [-0.4, -0.2) is 30.2 Å². The van der Waals surface area contributed by atoms with E-state index in [-0.39, 0.29) is 0 Å². The van der Waals surface area contributed by atoms with Crippen LogP contribution in [0.25, 0.3) is 0 Å². The fourth-order valence-corrected chi connectivity index (χ4v) is 7.21. The predicted molar refractivity (Wildman–Crippen MR) is 86.3 cm³/mol. The van der Waals surface area contributed by atoms with Crippen molar-refractivity contribution in [3.05, 3.63) is 30.1 Å². The average molecular weight is 281 g/mol. The van der Waals surface area contributed by atoms with E-state index in [1.165, 1.54) is 12.8 Å². The Hall–Kier alpha value is -0.613. The number of rotatable bonds is 7. The van der Waals surface area contributed by atoms with Gasteiger partial charge in [-0.25, -0.2) is 0 Å². The number of hydrogen-bond acceptors (Lipinski definition) is 3. The second-order valence-electron chi connectivity index (χ2n) is 5.47. The molecule has 1 aromatic rings. The van der Waals surface area contributed by atoms with E-state index in [2.05, 4.69) is 47.8 Å². The summed E-state index contributed by atoms with van der Waals surface area (Å²) in [4.78, 5) is 8.64. The third-order valence-electron chi connectivity index (χ3n) is 2.36. The molecule has 0 spiro atoms. The lowest BCUT2D eigenvalue weighted by Gasteiger charge is -2.20. The number of aromatic nitrogens is 1. The molecule has 1 rings (SSSR count). The molecule has 0 radical (unpaired) electrons. The Balaban J connectivity index is 2.17. The zero-order valence-electron chi connectivity index (χ0n) is 11.9. The third-order valence-corrected chi connectivity index (χ3v) is 7.04. The van der Waals surface area contributed by atoms with Gasteiger partial charge >= 0.3 is 0 Å². The molecule has 100 valence electrons. The van der Waals surface area contributed by atoms with Gasteiger partial charge in [-0.2, -0.15) is 11.2 Å². The molecule has 2 nitrogen and oxygen atoms in total. The summed E-state index contributed by atoms with van der Waals surface area (Å²) in [5, 5.41) is 0.765. The van der Waals surface area contributed by atoms with Crippen LogP contribution in [0.3, 0.4) is 0 Å². The van der Waals surface area contributed by atoms with Crippen LogP contribution < -0.4 is 0 Å². The molecule has 1 heterocycles. The minimum Gasteiger partial charge on any atom is -0.291 e. The van der Waals surface area contributed by atoms with Crippen LogP contribution in [0.4, 0.5) is 0 Å². The van der Waals surface area contributed by atoms with E-state index in [1.807, 2.05) is 24.4 Å². The van der Waals surface area contributed by atoms with Crippen molar-refractivity contribution >= 4 is 24.6 Å². The molecule has 0 aliphatic heterocycles. The summed E-state index contributed by atoms with van der Waals surface area (Å²) < 4.78 is 0. The topological polar surface area (TPSA) is 25.2 Å². The van der Waals surface area contributed by atoms with Crippen molar-refractivity contribution in [1.29, 1.82) is 0 Å². The van der Waals surface area contributed by atoms with Gasteiger partial charge in [0.05, 0.1) is 5.69 Å². The summed E-state index contributed by atoms with van der Waals surface area (Å²) in [5.41, 5.74) is 0.946. The fourth-order valence-electron chi connectivity index (χ4n) is 1.74. The molecule has 0 saturated carbocycles. The standard InChI is InChI=1S/C14H24N2SSi/c1-13(17-18(2,3)4)8-7-10-15-12-14-9-5-6-11-16-14/h5-6,9,11-13H,7-8,10H2,1-4H3. The molecule has 1 unspecified atom stereocenters. The first-order valence-corrected chi connectivity index (χ1v) is 11.7. The molecule has 1 aromatic heterocycles. The second kappa shape index (κ2) is 7.74. The van der Waals surface area contributed by atoms with E-state index in [0.29, 0.717) is 0 Å². The van der Waals surface area contributed by atoms with Gasteiger partial charge in [0.2, 0.25) is 0 Å². The van der Waals surface area contributed by atoms with Crippen LogP contribution in [0.1, 0.15) is 25.5 Å². The van der Waals surface area contributed by atoms with Crippen molar-refractivity contribution in [2.45, 2.75) is 44.7 Å². The highest BCUT2D eigenvalue weighted by Crippen LogP contribution is 2.27. The molecule has 0 amide bonds. The molecule has 0 fully saturated rings. The quantitative estimate of drug-likeness (QED) is 0.424. The van der Waals surface area contributed by atoms with Gasteiger partial charge in [0.25, 0.3) is 0 Å².